The molecular weight excluding hydrogens is 212 g/mol. The summed E-state index contributed by atoms with van der Waals surface area (Å²) in [6.07, 6.45) is 4.19. The van der Waals surface area contributed by atoms with Crippen molar-refractivity contribution in [3.8, 4) is 5.95 Å². The molecule has 0 atom stereocenters. The average molecular weight is 223 g/mol. The Balaban J connectivity index is 2.55. The van der Waals surface area contributed by atoms with Gasteiger partial charge in [-0.05, 0) is 19.4 Å². The Kier molecular flexibility index (Phi) is 2.68. The van der Waals surface area contributed by atoms with E-state index in [1.807, 2.05) is 13.8 Å². The fraction of sp³-hybridized carbons (Fsp3) is 0.300. The van der Waals surface area contributed by atoms with Crippen LogP contribution >= 0.6 is 11.6 Å². The zero-order valence-corrected chi connectivity index (χ0v) is 9.36. The predicted octanol–water partition coefficient (Wildman–Crippen LogP) is 2.19. The Hall–Kier alpha value is -1.42. The van der Waals surface area contributed by atoms with E-state index in [1.165, 1.54) is 0 Å². The van der Waals surface area contributed by atoms with E-state index in [9.17, 15) is 0 Å². The minimum absolute atomic E-state index is 0.505. The topological polar surface area (TPSA) is 43.6 Å². The molecule has 5 heteroatoms. The van der Waals surface area contributed by atoms with Crippen LogP contribution in [-0.2, 0) is 6.42 Å². The molecular formula is C10H11ClN4. The molecule has 2 aromatic heterocycles. The SMILES string of the molecule is CCc1c(C)nn(-c2ncccn2)c1Cl. The molecule has 0 bridgehead atoms. The van der Waals surface area contributed by atoms with Crippen LogP contribution in [0.4, 0.5) is 0 Å². The van der Waals surface area contributed by atoms with Crippen LogP contribution in [0.1, 0.15) is 18.2 Å². The monoisotopic (exact) mass is 222 g/mol. The van der Waals surface area contributed by atoms with Crippen LogP contribution in [0.2, 0.25) is 5.15 Å². The minimum atomic E-state index is 0.505. The smallest absolute Gasteiger partial charge is 0.220 e. The van der Waals surface area contributed by atoms with Crippen molar-refractivity contribution in [1.82, 2.24) is 19.7 Å². The van der Waals surface area contributed by atoms with Crippen LogP contribution in [0.3, 0.4) is 0 Å². The molecule has 2 rings (SSSR count). The number of aryl methyl sites for hydroxylation is 1. The summed E-state index contributed by atoms with van der Waals surface area (Å²) in [5.41, 5.74) is 1.97. The summed E-state index contributed by atoms with van der Waals surface area (Å²) < 4.78 is 1.57. The number of nitrogens with zero attached hydrogens (tertiary/aromatic N) is 4. The zero-order valence-electron chi connectivity index (χ0n) is 8.61. The van der Waals surface area contributed by atoms with Gasteiger partial charge in [0.25, 0.3) is 5.95 Å². The van der Waals surface area contributed by atoms with Gasteiger partial charge in [-0.25, -0.2) is 9.97 Å². The fourth-order valence-corrected chi connectivity index (χ4v) is 1.85. The van der Waals surface area contributed by atoms with Gasteiger partial charge in [-0.3, -0.25) is 0 Å². The maximum absolute atomic E-state index is 6.18. The summed E-state index contributed by atoms with van der Waals surface area (Å²) in [5.74, 6) is 0.505. The van der Waals surface area contributed by atoms with Gasteiger partial charge in [0.1, 0.15) is 5.15 Å². The van der Waals surface area contributed by atoms with Crippen molar-refractivity contribution in [3.05, 3.63) is 34.9 Å². The molecule has 0 N–H and O–H groups in total. The van der Waals surface area contributed by atoms with Gasteiger partial charge in [0.2, 0.25) is 0 Å². The highest BCUT2D eigenvalue weighted by molar-refractivity contribution is 6.30. The van der Waals surface area contributed by atoms with E-state index in [0.29, 0.717) is 11.1 Å². The van der Waals surface area contributed by atoms with Crippen LogP contribution in [-0.4, -0.2) is 19.7 Å². The lowest BCUT2D eigenvalue weighted by atomic mass is 10.2. The van der Waals surface area contributed by atoms with Crippen LogP contribution in [0.5, 0.6) is 0 Å². The second kappa shape index (κ2) is 3.98. The molecule has 0 aliphatic carbocycles. The molecule has 78 valence electrons. The standard InChI is InChI=1S/C10H11ClN4/c1-3-8-7(2)14-15(9(8)11)10-12-5-4-6-13-10/h4-6H,3H2,1-2H3. The maximum Gasteiger partial charge on any atom is 0.251 e. The fourth-order valence-electron chi connectivity index (χ4n) is 1.47. The lowest BCUT2D eigenvalue weighted by Crippen LogP contribution is -2.02. The molecule has 0 unspecified atom stereocenters. The Labute approximate surface area is 92.9 Å². The lowest BCUT2D eigenvalue weighted by molar-refractivity contribution is 0.797. The van der Waals surface area contributed by atoms with E-state index in [-0.39, 0.29) is 0 Å². The molecule has 15 heavy (non-hydrogen) atoms. The summed E-state index contributed by atoms with van der Waals surface area (Å²) in [6, 6.07) is 1.76. The summed E-state index contributed by atoms with van der Waals surface area (Å²) in [5, 5.41) is 4.91. The van der Waals surface area contributed by atoms with Gasteiger partial charge in [-0.15, -0.1) is 0 Å². The number of halogens is 1. The van der Waals surface area contributed by atoms with Crippen LogP contribution in [0.25, 0.3) is 5.95 Å². The highest BCUT2D eigenvalue weighted by Crippen LogP contribution is 2.21. The summed E-state index contributed by atoms with van der Waals surface area (Å²) in [7, 11) is 0. The van der Waals surface area contributed by atoms with Gasteiger partial charge >= 0.3 is 0 Å². The van der Waals surface area contributed by atoms with Crippen LogP contribution in [0.15, 0.2) is 18.5 Å². The van der Waals surface area contributed by atoms with E-state index < -0.39 is 0 Å². The van der Waals surface area contributed by atoms with Gasteiger partial charge in [0.05, 0.1) is 5.69 Å². The summed E-state index contributed by atoms with van der Waals surface area (Å²) in [4.78, 5) is 8.21. The Morgan fingerprint density at radius 1 is 1.33 bits per heavy atom. The molecule has 0 saturated heterocycles. The zero-order chi connectivity index (χ0) is 10.8. The molecule has 0 saturated carbocycles. The largest absolute Gasteiger partial charge is 0.251 e. The third-order valence-corrected chi connectivity index (χ3v) is 2.61. The van der Waals surface area contributed by atoms with Gasteiger partial charge in [-0.1, -0.05) is 18.5 Å². The molecule has 4 nitrogen and oxygen atoms in total. The Bertz CT molecular complexity index is 464. The van der Waals surface area contributed by atoms with E-state index in [2.05, 4.69) is 15.1 Å². The van der Waals surface area contributed by atoms with E-state index >= 15 is 0 Å². The van der Waals surface area contributed by atoms with E-state index in [1.54, 1.807) is 23.1 Å². The molecule has 2 heterocycles. The Morgan fingerprint density at radius 2 is 2.00 bits per heavy atom. The maximum atomic E-state index is 6.18. The predicted molar refractivity (Wildman–Crippen MR) is 58.3 cm³/mol. The van der Waals surface area contributed by atoms with E-state index in [0.717, 1.165) is 17.7 Å². The van der Waals surface area contributed by atoms with Gasteiger partial charge in [0, 0.05) is 18.0 Å². The molecule has 0 aliphatic rings. The number of rotatable bonds is 2. The second-order valence-electron chi connectivity index (χ2n) is 3.17. The van der Waals surface area contributed by atoms with Gasteiger partial charge in [-0.2, -0.15) is 9.78 Å². The highest BCUT2D eigenvalue weighted by Gasteiger charge is 2.13. The molecule has 0 amide bonds. The summed E-state index contributed by atoms with van der Waals surface area (Å²) >= 11 is 6.18. The van der Waals surface area contributed by atoms with Crippen LogP contribution in [0, 0.1) is 6.92 Å². The Morgan fingerprint density at radius 3 is 2.53 bits per heavy atom. The lowest BCUT2D eigenvalue weighted by Gasteiger charge is -1.99. The first-order chi connectivity index (χ1) is 7.24. The molecule has 0 aliphatic heterocycles. The first kappa shape index (κ1) is 10.1. The van der Waals surface area contributed by atoms with Crippen molar-refractivity contribution in [1.29, 1.82) is 0 Å². The molecule has 0 fully saturated rings. The number of aromatic nitrogens is 4. The first-order valence-corrected chi connectivity index (χ1v) is 5.13. The normalized spacial score (nSPS) is 10.6. The third kappa shape index (κ3) is 1.72. The van der Waals surface area contributed by atoms with Gasteiger partial charge < -0.3 is 0 Å². The first-order valence-electron chi connectivity index (χ1n) is 4.75. The highest BCUT2D eigenvalue weighted by atomic mass is 35.5. The van der Waals surface area contributed by atoms with Crippen molar-refractivity contribution >= 4 is 11.6 Å². The molecule has 0 radical (unpaired) electrons. The van der Waals surface area contributed by atoms with Gasteiger partial charge in [0.15, 0.2) is 0 Å². The van der Waals surface area contributed by atoms with Crippen molar-refractivity contribution in [2.75, 3.05) is 0 Å². The molecule has 0 aromatic carbocycles. The summed E-state index contributed by atoms with van der Waals surface area (Å²) in [6.45, 7) is 3.98. The average Bonchev–Trinajstić information content (AvgIpc) is 2.55. The van der Waals surface area contributed by atoms with Crippen molar-refractivity contribution in [2.45, 2.75) is 20.3 Å². The molecule has 2 aromatic rings. The van der Waals surface area contributed by atoms with E-state index in [4.69, 9.17) is 11.6 Å². The van der Waals surface area contributed by atoms with Crippen molar-refractivity contribution in [3.63, 3.8) is 0 Å². The van der Waals surface area contributed by atoms with Crippen molar-refractivity contribution < 1.29 is 0 Å². The molecule has 0 spiro atoms. The number of hydrogen-bond acceptors (Lipinski definition) is 3. The van der Waals surface area contributed by atoms with Crippen molar-refractivity contribution in [2.24, 2.45) is 0 Å². The van der Waals surface area contributed by atoms with Crippen LogP contribution < -0.4 is 0 Å². The quantitative estimate of drug-likeness (QED) is 0.783. The number of hydrogen-bond donors (Lipinski definition) is 0. The third-order valence-electron chi connectivity index (χ3n) is 2.22. The minimum Gasteiger partial charge on any atom is -0.220 e. The second-order valence-corrected chi connectivity index (χ2v) is 3.53.